The highest BCUT2D eigenvalue weighted by Crippen LogP contribution is 2.25. The molecule has 0 saturated carbocycles. The van der Waals surface area contributed by atoms with E-state index in [1.165, 1.54) is 10.7 Å². The highest BCUT2D eigenvalue weighted by molar-refractivity contribution is 9.11. The van der Waals surface area contributed by atoms with Crippen molar-refractivity contribution in [3.05, 3.63) is 21.7 Å². The fraction of sp³-hybridized carbons (Fsp3) is 0.286. The third kappa shape index (κ3) is 2.89. The summed E-state index contributed by atoms with van der Waals surface area (Å²) in [5.74, 6) is 0.448. The molecule has 7 nitrogen and oxygen atoms in total. The van der Waals surface area contributed by atoms with Crippen LogP contribution in [-0.2, 0) is 23.6 Å². The molecule has 0 aromatic carbocycles. The standard InChI is InChI=1S/C7H8BrN5O2S2/c1-13-6(10-11-12-13)4-9-17(14,15)7-3-2-5(8)16-7/h2-3,9H,4H2,1H3. The molecule has 0 aliphatic heterocycles. The lowest BCUT2D eigenvalue weighted by Gasteiger charge is -2.02. The van der Waals surface area contributed by atoms with Gasteiger partial charge in [0, 0.05) is 7.05 Å². The molecule has 0 atom stereocenters. The predicted molar refractivity (Wildman–Crippen MR) is 64.8 cm³/mol. The van der Waals surface area contributed by atoms with E-state index in [1.54, 1.807) is 13.1 Å². The number of sulfonamides is 1. The van der Waals surface area contributed by atoms with Crippen LogP contribution in [0.25, 0.3) is 0 Å². The van der Waals surface area contributed by atoms with Crippen LogP contribution in [0.2, 0.25) is 0 Å². The van der Waals surface area contributed by atoms with Gasteiger partial charge in [0.2, 0.25) is 10.0 Å². The quantitative estimate of drug-likeness (QED) is 0.877. The first kappa shape index (κ1) is 12.6. The van der Waals surface area contributed by atoms with Crippen LogP contribution in [0.3, 0.4) is 0 Å². The van der Waals surface area contributed by atoms with Gasteiger partial charge in [0.05, 0.1) is 10.3 Å². The maximum atomic E-state index is 11.9. The highest BCUT2D eigenvalue weighted by atomic mass is 79.9. The van der Waals surface area contributed by atoms with Gasteiger partial charge < -0.3 is 0 Å². The maximum absolute atomic E-state index is 11.9. The fourth-order valence-electron chi connectivity index (χ4n) is 1.07. The average Bonchev–Trinajstić information content (AvgIpc) is 2.85. The monoisotopic (exact) mass is 337 g/mol. The predicted octanol–water partition coefficient (Wildman–Crippen LogP) is 0.513. The minimum Gasteiger partial charge on any atom is -0.231 e. The molecule has 17 heavy (non-hydrogen) atoms. The van der Waals surface area contributed by atoms with Crippen LogP contribution >= 0.6 is 27.3 Å². The van der Waals surface area contributed by atoms with Gasteiger partial charge in [0.25, 0.3) is 0 Å². The molecule has 0 aliphatic carbocycles. The molecular formula is C7H8BrN5O2S2. The molecule has 0 saturated heterocycles. The number of tetrazole rings is 1. The van der Waals surface area contributed by atoms with Gasteiger partial charge in [-0.25, -0.2) is 17.8 Å². The Morgan fingerprint density at radius 1 is 1.53 bits per heavy atom. The summed E-state index contributed by atoms with van der Waals surface area (Å²) in [6.45, 7) is 0.0569. The number of halogens is 1. The normalized spacial score (nSPS) is 11.9. The minimum atomic E-state index is -3.50. The van der Waals surface area contributed by atoms with Gasteiger partial charge in [-0.05, 0) is 38.5 Å². The van der Waals surface area contributed by atoms with E-state index in [-0.39, 0.29) is 10.8 Å². The summed E-state index contributed by atoms with van der Waals surface area (Å²) < 4.78 is 28.6. The van der Waals surface area contributed by atoms with Crippen LogP contribution in [0.5, 0.6) is 0 Å². The first-order valence-electron chi connectivity index (χ1n) is 4.45. The largest absolute Gasteiger partial charge is 0.250 e. The van der Waals surface area contributed by atoms with Crippen molar-refractivity contribution >= 4 is 37.3 Å². The lowest BCUT2D eigenvalue weighted by molar-refractivity contribution is 0.577. The molecule has 2 aromatic heterocycles. The van der Waals surface area contributed by atoms with Gasteiger partial charge in [-0.1, -0.05) is 0 Å². The molecule has 2 aromatic rings. The molecule has 0 unspecified atom stereocenters. The van der Waals surface area contributed by atoms with Gasteiger partial charge in [-0.15, -0.1) is 16.4 Å². The number of thiophene rings is 1. The maximum Gasteiger partial charge on any atom is 0.250 e. The summed E-state index contributed by atoms with van der Waals surface area (Å²) in [4.78, 5) is 0. The zero-order valence-corrected chi connectivity index (χ0v) is 11.9. The number of hydrogen-bond donors (Lipinski definition) is 1. The second-order valence-electron chi connectivity index (χ2n) is 3.10. The van der Waals surface area contributed by atoms with Crippen molar-refractivity contribution in [1.29, 1.82) is 0 Å². The van der Waals surface area contributed by atoms with Crippen molar-refractivity contribution in [2.75, 3.05) is 0 Å². The molecule has 10 heteroatoms. The van der Waals surface area contributed by atoms with E-state index in [0.717, 1.165) is 15.1 Å². The number of rotatable bonds is 4. The summed E-state index contributed by atoms with van der Waals surface area (Å²) in [5, 5.41) is 10.7. The first-order valence-corrected chi connectivity index (χ1v) is 7.54. The molecule has 0 amide bonds. The number of nitrogens with one attached hydrogen (secondary N) is 1. The number of nitrogens with zero attached hydrogens (tertiary/aromatic N) is 4. The molecule has 92 valence electrons. The Kier molecular flexibility index (Phi) is 3.56. The molecule has 0 spiro atoms. The molecule has 2 heterocycles. The third-order valence-corrected chi connectivity index (χ3v) is 5.46. The van der Waals surface area contributed by atoms with Crippen LogP contribution in [0.1, 0.15) is 5.82 Å². The van der Waals surface area contributed by atoms with Crippen molar-refractivity contribution in [3.8, 4) is 0 Å². The van der Waals surface area contributed by atoms with Gasteiger partial charge >= 0.3 is 0 Å². The molecule has 0 fully saturated rings. The second-order valence-corrected chi connectivity index (χ2v) is 7.56. The lowest BCUT2D eigenvalue weighted by atomic mass is 10.6. The molecule has 1 N–H and O–H groups in total. The molecule has 0 radical (unpaired) electrons. The van der Waals surface area contributed by atoms with Gasteiger partial charge in [0.1, 0.15) is 4.21 Å². The number of hydrogen-bond acceptors (Lipinski definition) is 6. The van der Waals surface area contributed by atoms with E-state index in [9.17, 15) is 8.42 Å². The highest BCUT2D eigenvalue weighted by Gasteiger charge is 2.17. The topological polar surface area (TPSA) is 89.8 Å². The molecule has 0 aliphatic rings. The van der Waals surface area contributed by atoms with Crippen molar-refractivity contribution < 1.29 is 8.42 Å². The average molecular weight is 338 g/mol. The lowest BCUT2D eigenvalue weighted by Crippen LogP contribution is -2.24. The van der Waals surface area contributed by atoms with E-state index < -0.39 is 10.0 Å². The van der Waals surface area contributed by atoms with Crippen molar-refractivity contribution in [2.45, 2.75) is 10.8 Å². The van der Waals surface area contributed by atoms with Crippen molar-refractivity contribution in [2.24, 2.45) is 7.05 Å². The first-order chi connectivity index (χ1) is 7.99. The summed E-state index contributed by atoms with van der Waals surface area (Å²) in [6, 6.07) is 3.22. The molecule has 2 rings (SSSR count). The van der Waals surface area contributed by atoms with Gasteiger partial charge in [0.15, 0.2) is 5.82 Å². The Hall–Kier alpha value is -0.840. The van der Waals surface area contributed by atoms with Crippen LogP contribution < -0.4 is 4.72 Å². The van der Waals surface area contributed by atoms with E-state index in [1.807, 2.05) is 0 Å². The van der Waals surface area contributed by atoms with Crippen LogP contribution in [0, 0.1) is 0 Å². The Morgan fingerprint density at radius 2 is 2.29 bits per heavy atom. The zero-order valence-electron chi connectivity index (χ0n) is 8.66. The van der Waals surface area contributed by atoms with Crippen molar-refractivity contribution in [3.63, 3.8) is 0 Å². The Morgan fingerprint density at radius 3 is 2.82 bits per heavy atom. The van der Waals surface area contributed by atoms with Gasteiger partial charge in [-0.3, -0.25) is 0 Å². The molecule has 0 bridgehead atoms. The van der Waals surface area contributed by atoms with Crippen LogP contribution in [-0.4, -0.2) is 28.6 Å². The number of aryl methyl sites for hydroxylation is 1. The van der Waals surface area contributed by atoms with Gasteiger partial charge in [-0.2, -0.15) is 0 Å². The Balaban J connectivity index is 2.11. The summed E-state index contributed by atoms with van der Waals surface area (Å²) >= 11 is 4.36. The summed E-state index contributed by atoms with van der Waals surface area (Å²) in [7, 11) is -1.86. The van der Waals surface area contributed by atoms with E-state index >= 15 is 0 Å². The van der Waals surface area contributed by atoms with Crippen LogP contribution in [0.4, 0.5) is 0 Å². The van der Waals surface area contributed by atoms with Crippen LogP contribution in [0.15, 0.2) is 20.1 Å². The number of aromatic nitrogens is 4. The smallest absolute Gasteiger partial charge is 0.231 e. The molecular weight excluding hydrogens is 330 g/mol. The minimum absolute atomic E-state index is 0.0569. The second kappa shape index (κ2) is 4.80. The third-order valence-electron chi connectivity index (χ3n) is 1.94. The summed E-state index contributed by atoms with van der Waals surface area (Å²) in [5.41, 5.74) is 0. The summed E-state index contributed by atoms with van der Waals surface area (Å²) in [6.07, 6.45) is 0. The zero-order chi connectivity index (χ0) is 12.5. The van der Waals surface area contributed by atoms with E-state index in [2.05, 4.69) is 36.2 Å². The Bertz CT molecular complexity index is 620. The fourth-order valence-corrected chi connectivity index (χ4v) is 4.11. The Labute approximate surface area is 110 Å². The van der Waals surface area contributed by atoms with E-state index in [0.29, 0.717) is 5.82 Å². The van der Waals surface area contributed by atoms with Crippen molar-refractivity contribution in [1.82, 2.24) is 24.9 Å². The SMILES string of the molecule is Cn1nnnc1CNS(=O)(=O)c1ccc(Br)s1. The van der Waals surface area contributed by atoms with E-state index in [4.69, 9.17) is 0 Å².